The highest BCUT2D eigenvalue weighted by atomic mass is 19.4. The first-order valence-corrected chi connectivity index (χ1v) is 8.17. The van der Waals surface area contributed by atoms with Gasteiger partial charge in [-0.25, -0.2) is 9.59 Å². The fourth-order valence-electron chi connectivity index (χ4n) is 3.21. The van der Waals surface area contributed by atoms with Crippen molar-refractivity contribution < 1.29 is 32.6 Å². The molecule has 0 saturated carbocycles. The molecule has 2 N–H and O–H groups in total. The Labute approximate surface area is 152 Å². The number of amides is 1. The molecule has 2 aromatic rings. The lowest BCUT2D eigenvalue weighted by molar-refractivity contribution is -0.158. The Balaban J connectivity index is 1.69. The topological polar surface area (TPSA) is 75.6 Å². The normalized spacial score (nSPS) is 14.2. The summed E-state index contributed by atoms with van der Waals surface area (Å²) in [4.78, 5) is 22.8. The summed E-state index contributed by atoms with van der Waals surface area (Å²) in [6.45, 7) is -0.113. The molecule has 0 aliphatic heterocycles. The van der Waals surface area contributed by atoms with Gasteiger partial charge in [0.15, 0.2) is 0 Å². The SMILES string of the molecule is O=C(N[C@H](CC(F)(F)F)C(=O)O)OCC1c2ccccc2-c2ccccc21. The zero-order valence-electron chi connectivity index (χ0n) is 14.0. The van der Waals surface area contributed by atoms with E-state index in [0.717, 1.165) is 22.3 Å². The Morgan fingerprint density at radius 3 is 2.04 bits per heavy atom. The molecule has 0 saturated heterocycles. The van der Waals surface area contributed by atoms with Gasteiger partial charge in [-0.1, -0.05) is 48.5 Å². The summed E-state index contributed by atoms with van der Waals surface area (Å²) in [6.07, 6.45) is -7.60. The number of carboxylic acids is 1. The Kier molecular flexibility index (Phi) is 5.07. The Morgan fingerprint density at radius 2 is 1.56 bits per heavy atom. The van der Waals surface area contributed by atoms with E-state index in [0.29, 0.717) is 0 Å². The minimum atomic E-state index is -4.72. The summed E-state index contributed by atoms with van der Waals surface area (Å²) in [5, 5.41) is 10.6. The second kappa shape index (κ2) is 7.30. The third kappa shape index (κ3) is 4.21. The van der Waals surface area contributed by atoms with Gasteiger partial charge in [0.05, 0.1) is 6.42 Å². The van der Waals surface area contributed by atoms with E-state index in [1.54, 1.807) is 5.32 Å². The van der Waals surface area contributed by atoms with Crippen molar-refractivity contribution in [3.05, 3.63) is 59.7 Å². The van der Waals surface area contributed by atoms with E-state index in [2.05, 4.69) is 0 Å². The summed E-state index contributed by atoms with van der Waals surface area (Å²) in [5.41, 5.74) is 3.89. The molecule has 3 rings (SSSR count). The van der Waals surface area contributed by atoms with Gasteiger partial charge < -0.3 is 15.2 Å². The van der Waals surface area contributed by atoms with Crippen LogP contribution in [-0.2, 0) is 9.53 Å². The van der Waals surface area contributed by atoms with E-state index < -0.39 is 30.7 Å². The Hall–Kier alpha value is -3.03. The van der Waals surface area contributed by atoms with Gasteiger partial charge in [-0.3, -0.25) is 0 Å². The van der Waals surface area contributed by atoms with Crippen LogP contribution in [0.1, 0.15) is 23.5 Å². The van der Waals surface area contributed by atoms with Crippen LogP contribution in [0, 0.1) is 0 Å². The maximum Gasteiger partial charge on any atom is 0.407 e. The summed E-state index contributed by atoms with van der Waals surface area (Å²) >= 11 is 0. The summed E-state index contributed by atoms with van der Waals surface area (Å²) < 4.78 is 42.3. The van der Waals surface area contributed by atoms with Crippen molar-refractivity contribution in [2.24, 2.45) is 0 Å². The second-order valence-corrected chi connectivity index (χ2v) is 6.18. The van der Waals surface area contributed by atoms with Gasteiger partial charge in [0.1, 0.15) is 12.6 Å². The average molecular weight is 379 g/mol. The molecule has 142 valence electrons. The average Bonchev–Trinajstić information content (AvgIpc) is 2.92. The van der Waals surface area contributed by atoms with Crippen molar-refractivity contribution in [2.45, 2.75) is 24.6 Å². The molecule has 1 aliphatic rings. The van der Waals surface area contributed by atoms with Gasteiger partial charge in [0.25, 0.3) is 0 Å². The van der Waals surface area contributed by atoms with Crippen LogP contribution in [0.25, 0.3) is 11.1 Å². The lowest BCUT2D eigenvalue weighted by atomic mass is 9.98. The molecule has 0 fully saturated rings. The lowest BCUT2D eigenvalue weighted by Gasteiger charge is -2.18. The van der Waals surface area contributed by atoms with Crippen LogP contribution in [0.2, 0.25) is 0 Å². The van der Waals surface area contributed by atoms with Crippen LogP contribution >= 0.6 is 0 Å². The summed E-state index contributed by atoms with van der Waals surface area (Å²) in [6, 6.07) is 13.1. The molecule has 27 heavy (non-hydrogen) atoms. The highest BCUT2D eigenvalue weighted by Crippen LogP contribution is 2.44. The molecule has 0 radical (unpaired) electrons. The lowest BCUT2D eigenvalue weighted by Crippen LogP contribution is -2.44. The molecule has 0 spiro atoms. The molecule has 1 atom stereocenters. The van der Waals surface area contributed by atoms with Crippen LogP contribution < -0.4 is 5.32 Å². The number of alkyl carbamates (subject to hydrolysis) is 1. The van der Waals surface area contributed by atoms with E-state index in [1.807, 2.05) is 48.5 Å². The second-order valence-electron chi connectivity index (χ2n) is 6.18. The number of fused-ring (bicyclic) bond motifs is 3. The van der Waals surface area contributed by atoms with Crippen LogP contribution in [0.3, 0.4) is 0 Å². The smallest absolute Gasteiger partial charge is 0.407 e. The molecule has 0 heterocycles. The molecule has 0 bridgehead atoms. The first-order valence-electron chi connectivity index (χ1n) is 8.17. The van der Waals surface area contributed by atoms with Crippen LogP contribution in [0.4, 0.5) is 18.0 Å². The van der Waals surface area contributed by atoms with Gasteiger partial charge in [-0.05, 0) is 22.3 Å². The maximum absolute atomic E-state index is 12.4. The van der Waals surface area contributed by atoms with Crippen molar-refractivity contribution in [3.8, 4) is 11.1 Å². The number of alkyl halides is 3. The maximum atomic E-state index is 12.4. The number of benzene rings is 2. The predicted octanol–water partition coefficient (Wildman–Crippen LogP) is 3.93. The van der Waals surface area contributed by atoms with E-state index in [9.17, 15) is 22.8 Å². The number of ether oxygens (including phenoxy) is 1. The Bertz CT molecular complexity index is 821. The molecule has 1 aliphatic carbocycles. The number of carbonyl (C=O) groups is 2. The largest absolute Gasteiger partial charge is 0.480 e. The molecular formula is C19H16F3NO4. The highest BCUT2D eigenvalue weighted by Gasteiger charge is 2.37. The third-order valence-corrected chi connectivity index (χ3v) is 4.37. The van der Waals surface area contributed by atoms with Gasteiger partial charge in [0.2, 0.25) is 0 Å². The van der Waals surface area contributed by atoms with Crippen molar-refractivity contribution >= 4 is 12.1 Å². The number of halogens is 3. The number of nitrogens with one attached hydrogen (secondary N) is 1. The zero-order valence-corrected chi connectivity index (χ0v) is 14.0. The monoisotopic (exact) mass is 379 g/mol. The number of hydrogen-bond acceptors (Lipinski definition) is 3. The van der Waals surface area contributed by atoms with Gasteiger partial charge in [0, 0.05) is 5.92 Å². The van der Waals surface area contributed by atoms with Gasteiger partial charge in [-0.15, -0.1) is 0 Å². The van der Waals surface area contributed by atoms with E-state index >= 15 is 0 Å². The first-order chi connectivity index (χ1) is 12.8. The van der Waals surface area contributed by atoms with Crippen LogP contribution in [0.15, 0.2) is 48.5 Å². The minimum absolute atomic E-state index is 0.113. The van der Waals surface area contributed by atoms with E-state index in [1.165, 1.54) is 0 Å². The molecule has 2 aromatic carbocycles. The van der Waals surface area contributed by atoms with Crippen molar-refractivity contribution in [2.75, 3.05) is 6.61 Å². The Morgan fingerprint density at radius 1 is 1.04 bits per heavy atom. The molecule has 8 heteroatoms. The number of carbonyl (C=O) groups excluding carboxylic acids is 1. The minimum Gasteiger partial charge on any atom is -0.480 e. The van der Waals surface area contributed by atoms with Crippen LogP contribution in [-0.4, -0.2) is 36.0 Å². The van der Waals surface area contributed by atoms with Crippen molar-refractivity contribution in [3.63, 3.8) is 0 Å². The summed E-state index contributed by atoms with van der Waals surface area (Å²) in [5.74, 6) is -2.05. The van der Waals surface area contributed by atoms with E-state index in [-0.39, 0.29) is 12.5 Å². The van der Waals surface area contributed by atoms with Crippen LogP contribution in [0.5, 0.6) is 0 Å². The number of rotatable bonds is 5. The van der Waals surface area contributed by atoms with E-state index in [4.69, 9.17) is 9.84 Å². The fraction of sp³-hybridized carbons (Fsp3) is 0.263. The number of hydrogen-bond donors (Lipinski definition) is 2. The molecule has 0 unspecified atom stereocenters. The zero-order chi connectivity index (χ0) is 19.6. The summed E-state index contributed by atoms with van der Waals surface area (Å²) in [7, 11) is 0. The third-order valence-electron chi connectivity index (χ3n) is 4.37. The number of aliphatic carboxylic acids is 1. The van der Waals surface area contributed by atoms with Crippen molar-refractivity contribution in [1.29, 1.82) is 0 Å². The van der Waals surface area contributed by atoms with Gasteiger partial charge >= 0.3 is 18.2 Å². The first kappa shape index (κ1) is 18.8. The quantitative estimate of drug-likeness (QED) is 0.825. The predicted molar refractivity (Wildman–Crippen MR) is 90.3 cm³/mol. The highest BCUT2D eigenvalue weighted by molar-refractivity contribution is 5.81. The standard InChI is InChI=1S/C19H16F3NO4/c20-19(21,22)9-16(17(24)25)23-18(26)27-10-15-13-7-3-1-5-11(13)12-6-2-4-8-14(12)15/h1-8,15-16H,9-10H2,(H,23,26)(H,24,25)/t16-/m1/s1. The fourth-order valence-corrected chi connectivity index (χ4v) is 3.21. The van der Waals surface area contributed by atoms with Crippen molar-refractivity contribution in [1.82, 2.24) is 5.32 Å². The number of carboxylic acid groups (broad SMARTS) is 1. The molecule has 1 amide bonds. The van der Waals surface area contributed by atoms with Gasteiger partial charge in [-0.2, -0.15) is 13.2 Å². The molecule has 5 nitrogen and oxygen atoms in total. The molecular weight excluding hydrogens is 363 g/mol. The molecule has 0 aromatic heterocycles.